The van der Waals surface area contributed by atoms with Gasteiger partial charge in [-0.2, -0.15) is 0 Å². The molecule has 5 heteroatoms. The van der Waals surface area contributed by atoms with Crippen molar-refractivity contribution in [3.05, 3.63) is 51.7 Å². The number of hydrogen-bond acceptors (Lipinski definition) is 4. The Kier molecular flexibility index (Phi) is 4.06. The molecule has 2 aromatic rings. The molecule has 0 fully saturated rings. The molecule has 4 rings (SSSR count). The minimum Gasteiger partial charge on any atom is -0.488 e. The molecule has 0 radical (unpaired) electrons. The summed E-state index contributed by atoms with van der Waals surface area (Å²) in [4.78, 5) is 13.4. The van der Waals surface area contributed by atoms with Crippen LogP contribution in [0.25, 0.3) is 0 Å². The second-order valence-corrected chi connectivity index (χ2v) is 6.93. The molecular formula is C18H19NO3S. The SMILES string of the molecule is O=C(CC1OCCc2ccsc21)NCC1Cc2ccccc2O1. The molecule has 120 valence electrons. The Morgan fingerprint density at radius 1 is 1.26 bits per heavy atom. The molecule has 1 aromatic heterocycles. The number of rotatable bonds is 4. The van der Waals surface area contributed by atoms with Gasteiger partial charge in [0.1, 0.15) is 18.0 Å². The Hall–Kier alpha value is -1.85. The van der Waals surface area contributed by atoms with E-state index in [0.717, 1.165) is 18.6 Å². The highest BCUT2D eigenvalue weighted by Gasteiger charge is 2.26. The highest BCUT2D eigenvalue weighted by Crippen LogP contribution is 2.34. The second kappa shape index (κ2) is 6.34. The zero-order valence-electron chi connectivity index (χ0n) is 12.8. The molecule has 3 heterocycles. The number of para-hydroxylation sites is 1. The van der Waals surface area contributed by atoms with E-state index in [1.165, 1.54) is 16.0 Å². The zero-order chi connectivity index (χ0) is 15.6. The number of nitrogens with one attached hydrogen (secondary N) is 1. The van der Waals surface area contributed by atoms with Crippen LogP contribution in [0, 0.1) is 0 Å². The van der Waals surface area contributed by atoms with E-state index in [4.69, 9.17) is 9.47 Å². The van der Waals surface area contributed by atoms with Crippen molar-refractivity contribution in [2.24, 2.45) is 0 Å². The van der Waals surface area contributed by atoms with E-state index in [0.29, 0.717) is 19.6 Å². The third-order valence-electron chi connectivity index (χ3n) is 4.38. The van der Waals surface area contributed by atoms with Crippen molar-refractivity contribution in [1.29, 1.82) is 0 Å². The van der Waals surface area contributed by atoms with Crippen LogP contribution in [0.4, 0.5) is 0 Å². The summed E-state index contributed by atoms with van der Waals surface area (Å²) in [5.74, 6) is 0.960. The van der Waals surface area contributed by atoms with E-state index in [-0.39, 0.29) is 18.1 Å². The van der Waals surface area contributed by atoms with Gasteiger partial charge in [-0.25, -0.2) is 0 Å². The van der Waals surface area contributed by atoms with Crippen LogP contribution in [0.1, 0.15) is 28.5 Å². The van der Waals surface area contributed by atoms with Crippen molar-refractivity contribution in [3.63, 3.8) is 0 Å². The summed E-state index contributed by atoms with van der Waals surface area (Å²) >= 11 is 1.68. The maximum Gasteiger partial charge on any atom is 0.223 e. The predicted octanol–water partition coefficient (Wildman–Crippen LogP) is 2.87. The van der Waals surface area contributed by atoms with Gasteiger partial charge in [-0.05, 0) is 35.1 Å². The van der Waals surface area contributed by atoms with E-state index in [2.05, 4.69) is 22.8 Å². The number of benzene rings is 1. The van der Waals surface area contributed by atoms with Gasteiger partial charge in [0, 0.05) is 11.3 Å². The van der Waals surface area contributed by atoms with Gasteiger partial charge in [-0.3, -0.25) is 4.79 Å². The van der Waals surface area contributed by atoms with Gasteiger partial charge >= 0.3 is 0 Å². The molecule has 0 saturated carbocycles. The van der Waals surface area contributed by atoms with Crippen LogP contribution in [0.15, 0.2) is 35.7 Å². The average Bonchev–Trinajstić information content (AvgIpc) is 3.19. The number of ether oxygens (including phenoxy) is 2. The summed E-state index contributed by atoms with van der Waals surface area (Å²) in [7, 11) is 0. The van der Waals surface area contributed by atoms with Crippen molar-refractivity contribution in [1.82, 2.24) is 5.32 Å². The fourth-order valence-corrected chi connectivity index (χ4v) is 4.21. The largest absolute Gasteiger partial charge is 0.488 e. The van der Waals surface area contributed by atoms with Crippen LogP contribution in [-0.2, 0) is 22.4 Å². The first-order chi connectivity index (χ1) is 11.3. The fourth-order valence-electron chi connectivity index (χ4n) is 3.21. The van der Waals surface area contributed by atoms with Crippen molar-refractivity contribution in [2.75, 3.05) is 13.2 Å². The fraction of sp³-hybridized carbons (Fsp3) is 0.389. The van der Waals surface area contributed by atoms with Crippen LogP contribution >= 0.6 is 11.3 Å². The van der Waals surface area contributed by atoms with Gasteiger partial charge in [0.25, 0.3) is 0 Å². The molecule has 4 nitrogen and oxygen atoms in total. The van der Waals surface area contributed by atoms with Crippen LogP contribution in [-0.4, -0.2) is 25.2 Å². The number of amides is 1. The lowest BCUT2D eigenvalue weighted by atomic mass is 10.1. The predicted molar refractivity (Wildman–Crippen MR) is 88.9 cm³/mol. The molecule has 0 spiro atoms. The molecule has 0 aliphatic carbocycles. The number of carbonyl (C=O) groups is 1. The number of hydrogen-bond donors (Lipinski definition) is 1. The summed E-state index contributed by atoms with van der Waals surface area (Å²) in [5, 5.41) is 5.07. The number of carbonyl (C=O) groups excluding carboxylic acids is 1. The van der Waals surface area contributed by atoms with Gasteiger partial charge in [-0.1, -0.05) is 18.2 Å². The standard InChI is InChI=1S/C18H19NO3S/c20-17(10-16-18-12(5-7-21-16)6-8-23-18)19-11-14-9-13-3-1-2-4-15(13)22-14/h1-4,6,8,14,16H,5,7,9-11H2,(H,19,20). The summed E-state index contributed by atoms with van der Waals surface area (Å²) in [6.45, 7) is 1.24. The molecular weight excluding hydrogens is 310 g/mol. The summed E-state index contributed by atoms with van der Waals surface area (Å²) < 4.78 is 11.6. The molecule has 2 aliphatic heterocycles. The molecule has 23 heavy (non-hydrogen) atoms. The first-order valence-corrected chi connectivity index (χ1v) is 8.86. The quantitative estimate of drug-likeness (QED) is 0.938. The summed E-state index contributed by atoms with van der Waals surface area (Å²) in [6.07, 6.45) is 2.12. The van der Waals surface area contributed by atoms with Gasteiger partial charge in [0.15, 0.2) is 0 Å². The molecule has 2 atom stereocenters. The third kappa shape index (κ3) is 3.12. The van der Waals surface area contributed by atoms with Crippen molar-refractivity contribution >= 4 is 17.2 Å². The molecule has 2 aliphatic rings. The summed E-state index contributed by atoms with van der Waals surface area (Å²) in [5.41, 5.74) is 2.54. The number of fused-ring (bicyclic) bond motifs is 2. The Morgan fingerprint density at radius 3 is 3.09 bits per heavy atom. The third-order valence-corrected chi connectivity index (χ3v) is 5.43. The van der Waals surface area contributed by atoms with E-state index in [1.54, 1.807) is 11.3 Å². The monoisotopic (exact) mass is 329 g/mol. The summed E-state index contributed by atoms with van der Waals surface area (Å²) in [6, 6.07) is 10.2. The van der Waals surface area contributed by atoms with E-state index < -0.39 is 0 Å². The minimum atomic E-state index is -0.0968. The van der Waals surface area contributed by atoms with Gasteiger partial charge < -0.3 is 14.8 Å². The van der Waals surface area contributed by atoms with Crippen LogP contribution < -0.4 is 10.1 Å². The van der Waals surface area contributed by atoms with Gasteiger partial charge in [0.05, 0.1) is 19.6 Å². The Morgan fingerprint density at radius 2 is 2.17 bits per heavy atom. The number of thiophene rings is 1. The highest BCUT2D eigenvalue weighted by molar-refractivity contribution is 7.10. The molecule has 0 bridgehead atoms. The van der Waals surface area contributed by atoms with Crippen LogP contribution in [0.3, 0.4) is 0 Å². The van der Waals surface area contributed by atoms with Crippen LogP contribution in [0.2, 0.25) is 0 Å². The molecule has 2 unspecified atom stereocenters. The second-order valence-electron chi connectivity index (χ2n) is 5.98. The topological polar surface area (TPSA) is 47.6 Å². The Labute approximate surface area is 139 Å². The smallest absolute Gasteiger partial charge is 0.223 e. The lowest BCUT2D eigenvalue weighted by Crippen LogP contribution is -2.35. The molecule has 1 amide bonds. The maximum atomic E-state index is 12.2. The highest BCUT2D eigenvalue weighted by atomic mass is 32.1. The first kappa shape index (κ1) is 14.7. The van der Waals surface area contributed by atoms with E-state index in [9.17, 15) is 4.79 Å². The van der Waals surface area contributed by atoms with E-state index >= 15 is 0 Å². The van der Waals surface area contributed by atoms with Gasteiger partial charge in [0.2, 0.25) is 5.91 Å². The molecule has 1 aromatic carbocycles. The zero-order valence-corrected chi connectivity index (χ0v) is 13.6. The van der Waals surface area contributed by atoms with Crippen molar-refractivity contribution in [3.8, 4) is 5.75 Å². The normalized spacial score (nSPS) is 22.1. The Balaban J connectivity index is 1.29. The molecule has 0 saturated heterocycles. The first-order valence-electron chi connectivity index (χ1n) is 7.99. The maximum absolute atomic E-state index is 12.2. The minimum absolute atomic E-state index is 0.0239. The van der Waals surface area contributed by atoms with Crippen molar-refractivity contribution < 1.29 is 14.3 Å². The lowest BCUT2D eigenvalue weighted by molar-refractivity contribution is -0.124. The van der Waals surface area contributed by atoms with Crippen LogP contribution in [0.5, 0.6) is 5.75 Å². The van der Waals surface area contributed by atoms with E-state index in [1.807, 2.05) is 18.2 Å². The van der Waals surface area contributed by atoms with Gasteiger partial charge in [-0.15, -0.1) is 11.3 Å². The Bertz CT molecular complexity index is 687. The molecule has 1 N–H and O–H groups in total. The lowest BCUT2D eigenvalue weighted by Gasteiger charge is -2.23. The van der Waals surface area contributed by atoms with Crippen molar-refractivity contribution in [2.45, 2.75) is 31.5 Å². The average molecular weight is 329 g/mol.